The highest BCUT2D eigenvalue weighted by Crippen LogP contribution is 2.47. The number of aromatic nitrogens is 3. The Morgan fingerprint density at radius 1 is 1.25 bits per heavy atom. The molecule has 2 atom stereocenters. The normalized spacial score (nSPS) is 23.0. The van der Waals surface area contributed by atoms with E-state index in [9.17, 15) is 14.3 Å². The van der Waals surface area contributed by atoms with Gasteiger partial charge in [0.2, 0.25) is 0 Å². The number of rotatable bonds is 5. The molecule has 6 rings (SSSR count). The van der Waals surface area contributed by atoms with Crippen molar-refractivity contribution in [3.63, 3.8) is 0 Å². The predicted octanol–water partition coefficient (Wildman–Crippen LogP) is 4.90. The van der Waals surface area contributed by atoms with Crippen LogP contribution in [0.3, 0.4) is 0 Å². The molecule has 188 valence electrons. The third kappa shape index (κ3) is 3.57. The summed E-state index contributed by atoms with van der Waals surface area (Å²) >= 11 is 0. The highest BCUT2D eigenvalue weighted by molar-refractivity contribution is 5.99. The second kappa shape index (κ2) is 8.60. The first-order chi connectivity index (χ1) is 17.4. The summed E-state index contributed by atoms with van der Waals surface area (Å²) in [6, 6.07) is 9.07. The predicted molar refractivity (Wildman–Crippen MR) is 132 cm³/mol. The van der Waals surface area contributed by atoms with Gasteiger partial charge in [0.25, 0.3) is 0 Å². The smallest absolute Gasteiger partial charge is 0.335 e. The number of carboxylic acid groups (broad SMARTS) is 1. The van der Waals surface area contributed by atoms with Crippen molar-refractivity contribution in [3.8, 4) is 11.4 Å². The minimum Gasteiger partial charge on any atom is -0.494 e. The molecule has 0 bridgehead atoms. The number of hydrogen-bond donors (Lipinski definition) is 2. The van der Waals surface area contributed by atoms with Crippen LogP contribution in [-0.4, -0.2) is 58.4 Å². The van der Waals surface area contributed by atoms with Crippen LogP contribution in [0, 0.1) is 5.82 Å². The van der Waals surface area contributed by atoms with E-state index in [2.05, 4.69) is 26.9 Å². The van der Waals surface area contributed by atoms with Crippen molar-refractivity contribution in [1.29, 1.82) is 0 Å². The first kappa shape index (κ1) is 23.0. The molecule has 2 aromatic heterocycles. The van der Waals surface area contributed by atoms with Crippen molar-refractivity contribution in [2.24, 2.45) is 0 Å². The number of aromatic amines is 1. The van der Waals surface area contributed by atoms with Crippen molar-refractivity contribution in [1.82, 2.24) is 14.8 Å². The molecular weight excluding hydrogens is 465 g/mol. The Hall–Kier alpha value is -3.43. The van der Waals surface area contributed by atoms with E-state index in [0.717, 1.165) is 51.6 Å². The molecule has 4 heterocycles. The molecule has 8 nitrogen and oxygen atoms in total. The van der Waals surface area contributed by atoms with Crippen LogP contribution in [-0.2, 0) is 14.3 Å². The summed E-state index contributed by atoms with van der Waals surface area (Å²) in [6.45, 7) is 3.25. The van der Waals surface area contributed by atoms with Crippen molar-refractivity contribution >= 4 is 27.8 Å². The summed E-state index contributed by atoms with van der Waals surface area (Å²) in [5, 5.41) is 19.1. The number of fused-ring (bicyclic) bond motifs is 2. The number of methoxy groups -OCH3 is 1. The molecule has 0 spiro atoms. The van der Waals surface area contributed by atoms with Gasteiger partial charge in [0.15, 0.2) is 17.2 Å². The summed E-state index contributed by atoms with van der Waals surface area (Å²) in [5.74, 6) is -1.15. The van der Waals surface area contributed by atoms with Gasteiger partial charge in [-0.3, -0.25) is 5.10 Å². The van der Waals surface area contributed by atoms with Gasteiger partial charge >= 0.3 is 5.97 Å². The van der Waals surface area contributed by atoms with Gasteiger partial charge in [-0.05, 0) is 56.0 Å². The van der Waals surface area contributed by atoms with Crippen LogP contribution in [0.4, 0.5) is 4.39 Å². The molecule has 4 aromatic rings. The van der Waals surface area contributed by atoms with Crippen LogP contribution in [0.5, 0.6) is 5.75 Å². The molecule has 36 heavy (non-hydrogen) atoms. The molecule has 0 amide bonds. The molecule has 2 N–H and O–H groups in total. The van der Waals surface area contributed by atoms with Crippen molar-refractivity contribution in [2.75, 3.05) is 26.9 Å². The number of nitrogens with one attached hydrogen (secondary N) is 1. The largest absolute Gasteiger partial charge is 0.494 e. The average molecular weight is 494 g/mol. The maximum Gasteiger partial charge on any atom is 0.335 e. The van der Waals surface area contributed by atoms with Crippen LogP contribution in [0.1, 0.15) is 49.3 Å². The molecule has 2 aliphatic heterocycles. The van der Waals surface area contributed by atoms with Gasteiger partial charge in [-0.15, -0.1) is 0 Å². The van der Waals surface area contributed by atoms with Gasteiger partial charge in [-0.25, -0.2) is 9.18 Å². The van der Waals surface area contributed by atoms with Crippen LogP contribution in [0.15, 0.2) is 36.5 Å². The van der Waals surface area contributed by atoms with E-state index in [1.54, 1.807) is 25.3 Å². The molecule has 2 aromatic carbocycles. The van der Waals surface area contributed by atoms with E-state index in [1.165, 1.54) is 13.2 Å². The van der Waals surface area contributed by atoms with Crippen molar-refractivity contribution < 1.29 is 28.5 Å². The Morgan fingerprint density at radius 2 is 2.06 bits per heavy atom. The molecule has 9 heteroatoms. The second-order valence-corrected chi connectivity index (χ2v) is 9.91. The standard InChI is InChI=1S/C27H28FN3O5/c1-27(26(32)33)12-17(14-36-27)24-19-11-21-16(13-29-30-21)9-22(19)31(25(24)15-5-7-35-8-6-15)18-3-4-20(28)23(10-18)34-2/h3-4,9-11,13,15,17H,5-8,12,14H2,1-2H3,(H,29,30)(H,32,33)/t17-,27+/m1/s1. The topological polar surface area (TPSA) is 98.6 Å². The van der Waals surface area contributed by atoms with Crippen LogP contribution in [0.2, 0.25) is 0 Å². The number of H-pyrrole nitrogens is 1. The Kier molecular flexibility index (Phi) is 5.49. The molecule has 0 radical (unpaired) electrons. The number of aliphatic carboxylic acids is 1. The van der Waals surface area contributed by atoms with Gasteiger partial charge in [-0.2, -0.15) is 5.10 Å². The minimum absolute atomic E-state index is 0.115. The molecule has 2 saturated heterocycles. The molecule has 0 aliphatic carbocycles. The Morgan fingerprint density at radius 3 is 2.78 bits per heavy atom. The maximum absolute atomic E-state index is 14.4. The van der Waals surface area contributed by atoms with Gasteiger partial charge < -0.3 is 23.9 Å². The number of hydrogen-bond acceptors (Lipinski definition) is 5. The molecular formula is C27H28FN3O5. The average Bonchev–Trinajstić information content (AvgIpc) is 3.59. The Balaban J connectivity index is 1.66. The number of carboxylic acids is 1. The van der Waals surface area contributed by atoms with E-state index in [0.29, 0.717) is 26.2 Å². The van der Waals surface area contributed by atoms with E-state index < -0.39 is 17.4 Å². The lowest BCUT2D eigenvalue weighted by atomic mass is 9.84. The number of carbonyl (C=O) groups is 1. The Labute approximate surface area is 206 Å². The second-order valence-electron chi connectivity index (χ2n) is 9.91. The zero-order valence-corrected chi connectivity index (χ0v) is 20.2. The van der Waals surface area contributed by atoms with Gasteiger partial charge in [0.1, 0.15) is 0 Å². The molecule has 0 unspecified atom stereocenters. The van der Waals surface area contributed by atoms with Crippen molar-refractivity contribution in [3.05, 3.63) is 53.6 Å². The summed E-state index contributed by atoms with van der Waals surface area (Å²) in [4.78, 5) is 12.0. The minimum atomic E-state index is -1.25. The van der Waals surface area contributed by atoms with Gasteiger partial charge in [-0.1, -0.05) is 0 Å². The van der Waals surface area contributed by atoms with E-state index >= 15 is 0 Å². The fourth-order valence-electron chi connectivity index (χ4n) is 5.84. The third-order valence-corrected chi connectivity index (χ3v) is 7.70. The zero-order chi connectivity index (χ0) is 25.0. The zero-order valence-electron chi connectivity index (χ0n) is 20.2. The van der Waals surface area contributed by atoms with Gasteiger partial charge in [0, 0.05) is 53.3 Å². The Bertz CT molecular complexity index is 1470. The summed E-state index contributed by atoms with van der Waals surface area (Å²) in [5.41, 5.74) is 3.58. The summed E-state index contributed by atoms with van der Waals surface area (Å²) in [7, 11) is 1.46. The van der Waals surface area contributed by atoms with Gasteiger partial charge in [0.05, 0.1) is 30.9 Å². The lowest BCUT2D eigenvalue weighted by Gasteiger charge is -2.27. The lowest BCUT2D eigenvalue weighted by Crippen LogP contribution is -2.34. The third-order valence-electron chi connectivity index (χ3n) is 7.70. The highest BCUT2D eigenvalue weighted by Gasteiger charge is 2.45. The molecule has 2 aliphatic rings. The monoisotopic (exact) mass is 493 g/mol. The van der Waals surface area contributed by atoms with Crippen LogP contribution in [0.25, 0.3) is 27.5 Å². The van der Waals surface area contributed by atoms with Crippen molar-refractivity contribution in [2.45, 2.75) is 43.6 Å². The van der Waals surface area contributed by atoms with E-state index in [-0.39, 0.29) is 17.6 Å². The fourth-order valence-corrected chi connectivity index (χ4v) is 5.84. The number of ether oxygens (including phenoxy) is 3. The highest BCUT2D eigenvalue weighted by atomic mass is 19.1. The van der Waals surface area contributed by atoms with Crippen LogP contribution >= 0.6 is 0 Å². The number of nitrogens with zero attached hydrogens (tertiary/aromatic N) is 2. The maximum atomic E-state index is 14.4. The van der Waals surface area contributed by atoms with Crippen LogP contribution < -0.4 is 4.74 Å². The first-order valence-electron chi connectivity index (χ1n) is 12.2. The fraction of sp³-hybridized carbons (Fsp3) is 0.407. The summed E-state index contributed by atoms with van der Waals surface area (Å²) < 4.78 is 33.5. The number of benzene rings is 2. The lowest BCUT2D eigenvalue weighted by molar-refractivity contribution is -0.157. The van der Waals surface area contributed by atoms with E-state index in [1.807, 2.05) is 0 Å². The van der Waals surface area contributed by atoms with E-state index in [4.69, 9.17) is 14.2 Å². The SMILES string of the molecule is COc1cc(-n2c(C3CCOCC3)c([C@H]3CO[C@](C)(C(=O)O)C3)c3cc4[nH]ncc4cc32)ccc1F. The molecule has 2 fully saturated rings. The molecule has 0 saturated carbocycles. The quantitative estimate of drug-likeness (QED) is 0.411. The number of halogens is 1. The summed E-state index contributed by atoms with van der Waals surface area (Å²) in [6.07, 6.45) is 3.83. The first-order valence-corrected chi connectivity index (χ1v) is 12.2.